The van der Waals surface area contributed by atoms with Crippen molar-refractivity contribution in [3.8, 4) is 0 Å². The Hall–Kier alpha value is -2.37. The molecule has 5 heteroatoms. The fourth-order valence-electron chi connectivity index (χ4n) is 3.21. The van der Waals surface area contributed by atoms with Crippen LogP contribution in [0.15, 0.2) is 36.4 Å². The van der Waals surface area contributed by atoms with Gasteiger partial charge in [0.15, 0.2) is 0 Å². The number of rotatable bonds is 4. The van der Waals surface area contributed by atoms with Crippen molar-refractivity contribution in [1.29, 1.82) is 0 Å². The van der Waals surface area contributed by atoms with E-state index in [-0.39, 0.29) is 11.6 Å². The third-order valence-corrected chi connectivity index (χ3v) is 4.62. The molecule has 0 heterocycles. The topological polar surface area (TPSA) is 61.8 Å². The van der Waals surface area contributed by atoms with E-state index in [1.807, 2.05) is 42.5 Å². The van der Waals surface area contributed by atoms with Crippen LogP contribution in [0.2, 0.25) is 0 Å². The highest BCUT2D eigenvalue weighted by Gasteiger charge is 2.23. The van der Waals surface area contributed by atoms with Gasteiger partial charge >= 0.3 is 6.09 Å². The highest BCUT2D eigenvalue weighted by Crippen LogP contribution is 2.37. The summed E-state index contributed by atoms with van der Waals surface area (Å²) in [5, 5.41) is 16.1. The van der Waals surface area contributed by atoms with Crippen molar-refractivity contribution >= 4 is 22.9 Å². The molecule has 2 atom stereocenters. The average Bonchev–Trinajstić information content (AvgIpc) is 2.61. The number of β-amino-alcohol motifs (C(OH)–C–C–N with tert-alkyl or cyclic N) is 1. The molecule has 144 valence electrons. The van der Waals surface area contributed by atoms with Crippen LogP contribution >= 0.6 is 0 Å². The zero-order valence-corrected chi connectivity index (χ0v) is 16.6. The van der Waals surface area contributed by atoms with Crippen LogP contribution in [0.25, 0.3) is 16.8 Å². The zero-order chi connectivity index (χ0) is 19.8. The Kier molecular flexibility index (Phi) is 5.27. The van der Waals surface area contributed by atoms with Gasteiger partial charge in [0.1, 0.15) is 6.10 Å². The normalized spacial score (nSPS) is 17.0. The second-order valence-electron chi connectivity index (χ2n) is 8.26. The van der Waals surface area contributed by atoms with Crippen molar-refractivity contribution in [1.82, 2.24) is 10.2 Å². The number of carbonyl (C=O) groups excluding carboxylic acids is 1. The van der Waals surface area contributed by atoms with E-state index in [1.54, 1.807) is 14.1 Å². The predicted octanol–water partition coefficient (Wildman–Crippen LogP) is 4.03. The summed E-state index contributed by atoms with van der Waals surface area (Å²) in [7, 11) is 3.34. The number of hydrogen-bond donors (Lipinski definition) is 2. The maximum atomic E-state index is 12.0. The van der Waals surface area contributed by atoms with Gasteiger partial charge in [-0.25, -0.2) is 4.79 Å². The molecule has 0 fully saturated rings. The van der Waals surface area contributed by atoms with Gasteiger partial charge in [-0.05, 0) is 60.9 Å². The van der Waals surface area contributed by atoms with Crippen molar-refractivity contribution < 1.29 is 14.6 Å². The summed E-state index contributed by atoms with van der Waals surface area (Å²) in [4.78, 5) is 13.4. The molecular weight excluding hydrogens is 340 g/mol. The first-order valence-corrected chi connectivity index (χ1v) is 9.21. The van der Waals surface area contributed by atoms with E-state index in [9.17, 15) is 9.90 Å². The van der Waals surface area contributed by atoms with Crippen LogP contribution < -0.4 is 5.32 Å². The van der Waals surface area contributed by atoms with Gasteiger partial charge in [-0.1, -0.05) is 24.3 Å². The highest BCUT2D eigenvalue weighted by atomic mass is 16.6. The second kappa shape index (κ2) is 7.33. The summed E-state index contributed by atoms with van der Waals surface area (Å²) in [6.45, 7) is 6.72. The Labute approximate surface area is 160 Å². The van der Waals surface area contributed by atoms with Crippen molar-refractivity contribution in [3.05, 3.63) is 53.1 Å². The van der Waals surface area contributed by atoms with Crippen LogP contribution in [-0.2, 0) is 4.74 Å². The number of hydrogen-bond acceptors (Lipinski definition) is 4. The SMILES string of the molecule is CN(C)C(=O)OC1C=Cc2cc(C(O)CNC(C)(C)C)cc3cccc1c23. The molecule has 5 nitrogen and oxygen atoms in total. The van der Waals surface area contributed by atoms with Crippen LogP contribution in [0.1, 0.15) is 49.7 Å². The number of carbonyl (C=O) groups is 1. The molecule has 0 saturated carbocycles. The van der Waals surface area contributed by atoms with Crippen LogP contribution in [0, 0.1) is 0 Å². The number of nitrogens with one attached hydrogen (secondary N) is 1. The Balaban J connectivity index is 1.93. The molecule has 1 aliphatic carbocycles. The molecule has 0 aliphatic heterocycles. The monoisotopic (exact) mass is 368 g/mol. The maximum Gasteiger partial charge on any atom is 0.410 e. The lowest BCUT2D eigenvalue weighted by Gasteiger charge is -2.25. The van der Waals surface area contributed by atoms with Gasteiger partial charge < -0.3 is 20.1 Å². The minimum atomic E-state index is -0.591. The average molecular weight is 368 g/mol. The van der Waals surface area contributed by atoms with Gasteiger partial charge in [0.25, 0.3) is 0 Å². The smallest absolute Gasteiger partial charge is 0.410 e. The first kappa shape index (κ1) is 19.4. The van der Waals surface area contributed by atoms with E-state index in [0.29, 0.717) is 6.54 Å². The molecule has 0 aromatic heterocycles. The van der Waals surface area contributed by atoms with Gasteiger partial charge in [0, 0.05) is 31.7 Å². The first-order valence-electron chi connectivity index (χ1n) is 9.21. The Morgan fingerprint density at radius 2 is 2.04 bits per heavy atom. The van der Waals surface area contributed by atoms with Gasteiger partial charge in [-0.15, -0.1) is 0 Å². The van der Waals surface area contributed by atoms with Gasteiger partial charge in [-0.3, -0.25) is 0 Å². The van der Waals surface area contributed by atoms with Crippen LogP contribution in [0.5, 0.6) is 0 Å². The molecule has 2 unspecified atom stereocenters. The summed E-state index contributed by atoms with van der Waals surface area (Å²) >= 11 is 0. The van der Waals surface area contributed by atoms with E-state index in [4.69, 9.17) is 4.74 Å². The summed E-state index contributed by atoms with van der Waals surface area (Å²) < 4.78 is 5.59. The van der Waals surface area contributed by atoms with Crippen LogP contribution in [0.4, 0.5) is 4.79 Å². The summed E-state index contributed by atoms with van der Waals surface area (Å²) in [6.07, 6.45) is 2.49. The summed E-state index contributed by atoms with van der Waals surface area (Å²) in [5.41, 5.74) is 2.82. The molecule has 1 amide bonds. The molecule has 0 radical (unpaired) electrons. The van der Waals surface area contributed by atoms with Gasteiger partial charge in [0.2, 0.25) is 0 Å². The van der Waals surface area contributed by atoms with Crippen molar-refractivity contribution in [3.63, 3.8) is 0 Å². The Bertz CT molecular complexity index is 881. The lowest BCUT2D eigenvalue weighted by Crippen LogP contribution is -2.38. The van der Waals surface area contributed by atoms with Crippen molar-refractivity contribution in [2.24, 2.45) is 0 Å². The minimum Gasteiger partial charge on any atom is -0.437 e. The summed E-state index contributed by atoms with van der Waals surface area (Å²) in [6, 6.07) is 10.0. The largest absolute Gasteiger partial charge is 0.437 e. The zero-order valence-electron chi connectivity index (χ0n) is 16.6. The predicted molar refractivity (Wildman–Crippen MR) is 109 cm³/mol. The Morgan fingerprint density at radius 1 is 1.30 bits per heavy atom. The van der Waals surface area contributed by atoms with Crippen LogP contribution in [0.3, 0.4) is 0 Å². The van der Waals surface area contributed by atoms with Gasteiger partial charge in [-0.2, -0.15) is 0 Å². The van der Waals surface area contributed by atoms with E-state index in [0.717, 1.165) is 27.5 Å². The lowest BCUT2D eigenvalue weighted by molar-refractivity contribution is 0.0946. The quantitative estimate of drug-likeness (QED) is 0.855. The highest BCUT2D eigenvalue weighted by molar-refractivity contribution is 5.96. The van der Waals surface area contributed by atoms with Crippen LogP contribution in [-0.4, -0.2) is 42.3 Å². The number of amides is 1. The third kappa shape index (κ3) is 4.31. The number of aliphatic hydroxyl groups is 1. The third-order valence-electron chi connectivity index (χ3n) is 4.62. The van der Waals surface area contributed by atoms with E-state index in [1.165, 1.54) is 4.90 Å². The molecular formula is C22H28N2O3. The van der Waals surface area contributed by atoms with Crippen molar-refractivity contribution in [2.45, 2.75) is 38.5 Å². The lowest BCUT2D eigenvalue weighted by atomic mass is 9.89. The molecule has 3 rings (SSSR count). The molecule has 2 N–H and O–H groups in total. The fourth-order valence-corrected chi connectivity index (χ4v) is 3.21. The second-order valence-corrected chi connectivity index (χ2v) is 8.26. The molecule has 2 aromatic rings. The number of aliphatic hydroxyl groups excluding tert-OH is 1. The molecule has 0 spiro atoms. The standard InChI is InChI=1S/C22H28N2O3/c1-22(2,3)23-13-18(25)16-11-14-7-6-8-17-19(27-21(26)24(4)5)10-9-15(12-16)20(14)17/h6-12,18-19,23,25H,13H2,1-5H3. The van der Waals surface area contributed by atoms with Gasteiger partial charge in [0.05, 0.1) is 6.10 Å². The number of nitrogens with zero attached hydrogens (tertiary/aromatic N) is 1. The van der Waals surface area contributed by atoms with E-state index < -0.39 is 12.2 Å². The maximum absolute atomic E-state index is 12.0. The molecule has 2 aromatic carbocycles. The molecule has 1 aliphatic rings. The number of benzene rings is 2. The van der Waals surface area contributed by atoms with Crippen molar-refractivity contribution in [2.75, 3.05) is 20.6 Å². The number of ether oxygens (including phenoxy) is 1. The minimum absolute atomic E-state index is 0.0529. The molecule has 0 saturated heterocycles. The first-order chi connectivity index (χ1) is 12.7. The Morgan fingerprint density at radius 3 is 2.70 bits per heavy atom. The molecule has 0 bridgehead atoms. The van der Waals surface area contributed by atoms with E-state index in [2.05, 4.69) is 26.1 Å². The fraction of sp³-hybridized carbons (Fsp3) is 0.409. The summed E-state index contributed by atoms with van der Waals surface area (Å²) in [5.74, 6) is 0. The van der Waals surface area contributed by atoms with E-state index >= 15 is 0 Å². The molecule has 27 heavy (non-hydrogen) atoms.